The molecule has 0 spiro atoms. The summed E-state index contributed by atoms with van der Waals surface area (Å²) in [6.07, 6.45) is 0.796. The maximum absolute atomic E-state index is 13.0. The molecule has 0 aliphatic carbocycles. The zero-order valence-corrected chi connectivity index (χ0v) is 18.7. The normalized spacial score (nSPS) is 10.7. The summed E-state index contributed by atoms with van der Waals surface area (Å²) < 4.78 is 46.1. The first kappa shape index (κ1) is 24.5. The van der Waals surface area contributed by atoms with Crippen molar-refractivity contribution in [2.24, 2.45) is 0 Å². The lowest BCUT2D eigenvalue weighted by Gasteiger charge is -2.20. The van der Waals surface area contributed by atoms with E-state index < -0.39 is 6.61 Å². The minimum absolute atomic E-state index is 0.102. The maximum Gasteiger partial charge on any atom is 0.387 e. The summed E-state index contributed by atoms with van der Waals surface area (Å²) in [6.45, 7) is 1.80. The number of alkyl halides is 2. The summed E-state index contributed by atoms with van der Waals surface area (Å²) >= 11 is 6.34. The third-order valence-electron chi connectivity index (χ3n) is 4.22. The Morgan fingerprint density at radius 3 is 2.45 bits per heavy atom. The Hall–Kier alpha value is -2.74. The van der Waals surface area contributed by atoms with Gasteiger partial charge >= 0.3 is 6.61 Å². The topological polar surface area (TPSA) is 57.2 Å². The summed E-state index contributed by atoms with van der Waals surface area (Å²) in [5.41, 5.74) is 0.906. The van der Waals surface area contributed by atoms with E-state index in [1.165, 1.54) is 30.2 Å². The first-order valence-electron chi connectivity index (χ1n) is 9.76. The molecule has 0 bridgehead atoms. The standard InChI is InChI=1S/C22H26ClF2NO5/c1-5-9-30-20-16(23)11-15(12-19(20)29-6-2)21(27)26(3)13-14-7-8-17(28-4)18(10-14)31-22(24)25/h7-8,10-12,22H,5-6,9,13H2,1-4H3. The number of carbonyl (C=O) groups excluding carboxylic acids is 1. The summed E-state index contributed by atoms with van der Waals surface area (Å²) in [7, 11) is 2.95. The monoisotopic (exact) mass is 457 g/mol. The fourth-order valence-corrected chi connectivity index (χ4v) is 3.14. The van der Waals surface area contributed by atoms with Crippen LogP contribution in [0.5, 0.6) is 23.0 Å². The third kappa shape index (κ3) is 6.62. The molecule has 0 N–H and O–H groups in total. The number of methoxy groups -OCH3 is 1. The van der Waals surface area contributed by atoms with Crippen LogP contribution < -0.4 is 18.9 Å². The van der Waals surface area contributed by atoms with Crippen LogP contribution in [-0.2, 0) is 6.54 Å². The fraction of sp³-hybridized carbons (Fsp3) is 0.409. The molecule has 0 atom stereocenters. The highest BCUT2D eigenvalue weighted by atomic mass is 35.5. The number of carbonyl (C=O) groups is 1. The number of ether oxygens (including phenoxy) is 4. The van der Waals surface area contributed by atoms with Crippen LogP contribution in [0.25, 0.3) is 0 Å². The number of hydrogen-bond donors (Lipinski definition) is 0. The van der Waals surface area contributed by atoms with Gasteiger partial charge < -0.3 is 23.8 Å². The molecule has 6 nitrogen and oxygen atoms in total. The largest absolute Gasteiger partial charge is 0.493 e. The summed E-state index contributed by atoms with van der Waals surface area (Å²) in [5.74, 6) is 0.534. The molecule has 0 aliphatic heterocycles. The molecule has 0 unspecified atom stereocenters. The van der Waals surface area contributed by atoms with E-state index in [1.807, 2.05) is 13.8 Å². The van der Waals surface area contributed by atoms with Gasteiger partial charge in [-0.2, -0.15) is 8.78 Å². The molecule has 2 aromatic carbocycles. The second kappa shape index (κ2) is 11.6. The molecule has 0 heterocycles. The van der Waals surface area contributed by atoms with Crippen LogP contribution >= 0.6 is 11.6 Å². The molecule has 2 rings (SSSR count). The molecule has 31 heavy (non-hydrogen) atoms. The van der Waals surface area contributed by atoms with Crippen molar-refractivity contribution >= 4 is 17.5 Å². The number of amides is 1. The van der Waals surface area contributed by atoms with Crippen LogP contribution in [0.1, 0.15) is 36.2 Å². The van der Waals surface area contributed by atoms with Crippen LogP contribution in [0.15, 0.2) is 30.3 Å². The molecule has 2 aromatic rings. The van der Waals surface area contributed by atoms with Gasteiger partial charge in [0, 0.05) is 19.2 Å². The molecule has 0 saturated heterocycles. The van der Waals surface area contributed by atoms with Gasteiger partial charge in [-0.1, -0.05) is 24.6 Å². The van der Waals surface area contributed by atoms with E-state index in [9.17, 15) is 13.6 Å². The first-order valence-corrected chi connectivity index (χ1v) is 10.1. The van der Waals surface area contributed by atoms with Gasteiger partial charge in [0.25, 0.3) is 5.91 Å². The SMILES string of the molecule is CCCOc1c(Cl)cc(C(=O)N(C)Cc2ccc(OC)c(OC(F)F)c2)cc1OCC. The molecule has 0 radical (unpaired) electrons. The summed E-state index contributed by atoms with van der Waals surface area (Å²) in [5, 5.41) is 0.271. The molecule has 170 valence electrons. The quantitative estimate of drug-likeness (QED) is 0.451. The highest BCUT2D eigenvalue weighted by Crippen LogP contribution is 2.37. The van der Waals surface area contributed by atoms with Gasteiger partial charge in [0.05, 0.1) is 25.3 Å². The van der Waals surface area contributed by atoms with Gasteiger partial charge in [-0.3, -0.25) is 4.79 Å². The van der Waals surface area contributed by atoms with E-state index >= 15 is 0 Å². The lowest BCUT2D eigenvalue weighted by atomic mass is 10.1. The Bertz CT molecular complexity index is 894. The average molecular weight is 458 g/mol. The Morgan fingerprint density at radius 1 is 1.10 bits per heavy atom. The predicted molar refractivity (Wildman–Crippen MR) is 114 cm³/mol. The second-order valence-corrected chi connectivity index (χ2v) is 7.00. The van der Waals surface area contributed by atoms with Crippen LogP contribution in [-0.4, -0.2) is 44.8 Å². The van der Waals surface area contributed by atoms with Crippen molar-refractivity contribution in [1.82, 2.24) is 4.90 Å². The van der Waals surface area contributed by atoms with E-state index in [4.69, 9.17) is 25.8 Å². The van der Waals surface area contributed by atoms with Crippen molar-refractivity contribution in [2.45, 2.75) is 33.4 Å². The summed E-state index contributed by atoms with van der Waals surface area (Å²) in [6, 6.07) is 7.69. The van der Waals surface area contributed by atoms with Gasteiger partial charge in [-0.25, -0.2) is 0 Å². The molecular weight excluding hydrogens is 432 g/mol. The Labute approximate surface area is 185 Å². The van der Waals surface area contributed by atoms with Gasteiger partial charge in [0.2, 0.25) is 0 Å². The van der Waals surface area contributed by atoms with Crippen LogP contribution in [0.4, 0.5) is 8.78 Å². The number of nitrogens with zero attached hydrogens (tertiary/aromatic N) is 1. The van der Waals surface area contributed by atoms with Crippen molar-refractivity contribution in [3.63, 3.8) is 0 Å². The van der Waals surface area contributed by atoms with Crippen LogP contribution in [0.2, 0.25) is 5.02 Å². The van der Waals surface area contributed by atoms with Crippen molar-refractivity contribution in [3.05, 3.63) is 46.5 Å². The van der Waals surface area contributed by atoms with Crippen LogP contribution in [0.3, 0.4) is 0 Å². The third-order valence-corrected chi connectivity index (χ3v) is 4.50. The zero-order chi connectivity index (χ0) is 23.0. The molecule has 9 heteroatoms. The van der Waals surface area contributed by atoms with Crippen molar-refractivity contribution < 1.29 is 32.5 Å². The minimum Gasteiger partial charge on any atom is -0.493 e. The first-order chi connectivity index (χ1) is 14.8. The molecule has 0 aliphatic rings. The van der Waals surface area contributed by atoms with Crippen molar-refractivity contribution in [3.8, 4) is 23.0 Å². The Kier molecular flexibility index (Phi) is 9.18. The van der Waals surface area contributed by atoms with Gasteiger partial charge in [-0.15, -0.1) is 0 Å². The van der Waals surface area contributed by atoms with Gasteiger partial charge in [0.15, 0.2) is 23.0 Å². The Balaban J connectivity index is 2.24. The van der Waals surface area contributed by atoms with Crippen LogP contribution in [0, 0.1) is 0 Å². The smallest absolute Gasteiger partial charge is 0.387 e. The van der Waals surface area contributed by atoms with E-state index in [-0.39, 0.29) is 29.0 Å². The molecule has 0 fully saturated rings. The second-order valence-electron chi connectivity index (χ2n) is 6.59. The molecule has 0 saturated carbocycles. The zero-order valence-electron chi connectivity index (χ0n) is 17.9. The number of hydrogen-bond acceptors (Lipinski definition) is 5. The number of benzene rings is 2. The van der Waals surface area contributed by atoms with E-state index in [2.05, 4.69) is 4.74 Å². The fourth-order valence-electron chi connectivity index (χ4n) is 2.87. The lowest BCUT2D eigenvalue weighted by Crippen LogP contribution is -2.26. The lowest BCUT2D eigenvalue weighted by molar-refractivity contribution is -0.0512. The average Bonchev–Trinajstić information content (AvgIpc) is 2.72. The molecule has 1 amide bonds. The van der Waals surface area contributed by atoms with Crippen molar-refractivity contribution in [1.29, 1.82) is 0 Å². The van der Waals surface area contributed by atoms with E-state index in [0.717, 1.165) is 6.42 Å². The molecular formula is C22H26ClF2NO5. The summed E-state index contributed by atoms with van der Waals surface area (Å²) in [4.78, 5) is 14.4. The number of halogens is 3. The van der Waals surface area contributed by atoms with Crippen molar-refractivity contribution in [2.75, 3.05) is 27.4 Å². The maximum atomic E-state index is 13.0. The van der Waals surface area contributed by atoms with Gasteiger partial charge in [0.1, 0.15) is 0 Å². The minimum atomic E-state index is -2.99. The number of rotatable bonds is 11. The predicted octanol–water partition coefficient (Wildman–Crippen LogP) is 5.41. The highest BCUT2D eigenvalue weighted by Gasteiger charge is 2.20. The Morgan fingerprint density at radius 2 is 1.84 bits per heavy atom. The van der Waals surface area contributed by atoms with Gasteiger partial charge in [-0.05, 0) is 43.2 Å². The molecule has 0 aromatic heterocycles. The highest BCUT2D eigenvalue weighted by molar-refractivity contribution is 6.32. The van der Waals surface area contributed by atoms with E-state index in [1.54, 1.807) is 19.2 Å². The van der Waals surface area contributed by atoms with E-state index in [0.29, 0.717) is 35.8 Å².